The molecular formula is C18H22N2O5. The number of hydrogen-bond donors (Lipinski definition) is 2. The molecule has 0 bridgehead atoms. The summed E-state index contributed by atoms with van der Waals surface area (Å²) in [4.78, 5) is 34.6. The standard InChI is InChI=1S/C18H22N2O5/c1-3-4-5-6-9-25-14-8-7-12(11-15(14)24-2)10-13-16(21)19-18(23)20-17(13)22/h7-8,10-11H,3-6,9H2,1-2H3,(H2,19,20,21,22,23). The zero-order chi connectivity index (χ0) is 18.2. The summed E-state index contributed by atoms with van der Waals surface area (Å²) < 4.78 is 11.0. The van der Waals surface area contributed by atoms with Gasteiger partial charge in [0.05, 0.1) is 13.7 Å². The van der Waals surface area contributed by atoms with E-state index in [9.17, 15) is 14.4 Å². The van der Waals surface area contributed by atoms with Gasteiger partial charge in [0.1, 0.15) is 5.57 Å². The van der Waals surface area contributed by atoms with Crippen LogP contribution in [0.1, 0.15) is 38.2 Å². The molecule has 1 aromatic carbocycles. The molecule has 2 N–H and O–H groups in total. The third-order valence-corrected chi connectivity index (χ3v) is 3.70. The Kier molecular flexibility index (Phi) is 6.56. The number of barbiturate groups is 1. The SMILES string of the molecule is CCCCCCOc1ccc(C=C2C(=O)NC(=O)NC2=O)cc1OC. The monoisotopic (exact) mass is 346 g/mol. The summed E-state index contributed by atoms with van der Waals surface area (Å²) in [6.07, 6.45) is 5.83. The summed E-state index contributed by atoms with van der Waals surface area (Å²) in [5, 5.41) is 4.06. The van der Waals surface area contributed by atoms with E-state index in [4.69, 9.17) is 9.47 Å². The average Bonchev–Trinajstić information content (AvgIpc) is 2.58. The van der Waals surface area contributed by atoms with Crippen LogP contribution in [0.2, 0.25) is 0 Å². The second-order valence-electron chi connectivity index (χ2n) is 5.61. The number of amides is 4. The summed E-state index contributed by atoms with van der Waals surface area (Å²) in [5.74, 6) is -0.348. The molecule has 0 unspecified atom stereocenters. The molecule has 0 atom stereocenters. The minimum Gasteiger partial charge on any atom is -0.493 e. The maximum atomic E-state index is 11.8. The van der Waals surface area contributed by atoms with Gasteiger partial charge in [-0.2, -0.15) is 0 Å². The first-order valence-corrected chi connectivity index (χ1v) is 8.24. The van der Waals surface area contributed by atoms with Crippen molar-refractivity contribution in [3.8, 4) is 11.5 Å². The molecule has 1 aliphatic heterocycles. The number of benzene rings is 1. The number of unbranched alkanes of at least 4 members (excludes halogenated alkanes) is 3. The number of urea groups is 1. The highest BCUT2D eigenvalue weighted by Crippen LogP contribution is 2.29. The normalized spacial score (nSPS) is 14.0. The maximum absolute atomic E-state index is 11.8. The minimum absolute atomic E-state index is 0.144. The first kappa shape index (κ1) is 18.5. The van der Waals surface area contributed by atoms with Gasteiger partial charge in [0.15, 0.2) is 11.5 Å². The van der Waals surface area contributed by atoms with Crippen molar-refractivity contribution in [2.45, 2.75) is 32.6 Å². The molecular weight excluding hydrogens is 324 g/mol. The number of methoxy groups -OCH3 is 1. The summed E-state index contributed by atoms with van der Waals surface area (Å²) in [5.41, 5.74) is 0.444. The van der Waals surface area contributed by atoms with E-state index in [0.29, 0.717) is 23.7 Å². The van der Waals surface area contributed by atoms with Crippen molar-refractivity contribution in [1.29, 1.82) is 0 Å². The number of imide groups is 2. The summed E-state index contributed by atoms with van der Waals surface area (Å²) in [6.45, 7) is 2.75. The van der Waals surface area contributed by atoms with Crippen LogP contribution in [0.15, 0.2) is 23.8 Å². The number of hydrogen-bond acceptors (Lipinski definition) is 5. The molecule has 25 heavy (non-hydrogen) atoms. The number of nitrogens with one attached hydrogen (secondary N) is 2. The van der Waals surface area contributed by atoms with E-state index >= 15 is 0 Å². The van der Waals surface area contributed by atoms with Crippen molar-refractivity contribution in [3.63, 3.8) is 0 Å². The Hall–Kier alpha value is -2.83. The van der Waals surface area contributed by atoms with Crippen LogP contribution in [0, 0.1) is 0 Å². The fourth-order valence-corrected chi connectivity index (χ4v) is 2.38. The van der Waals surface area contributed by atoms with Crippen molar-refractivity contribution in [1.82, 2.24) is 10.6 Å². The summed E-state index contributed by atoms with van der Waals surface area (Å²) in [7, 11) is 1.52. The summed E-state index contributed by atoms with van der Waals surface area (Å²) in [6, 6.07) is 4.30. The fraction of sp³-hybridized carbons (Fsp3) is 0.389. The smallest absolute Gasteiger partial charge is 0.328 e. The molecule has 7 nitrogen and oxygen atoms in total. The highest BCUT2D eigenvalue weighted by atomic mass is 16.5. The number of carbonyl (C=O) groups excluding carboxylic acids is 3. The molecule has 1 aromatic rings. The van der Waals surface area contributed by atoms with Gasteiger partial charge >= 0.3 is 6.03 Å². The lowest BCUT2D eigenvalue weighted by molar-refractivity contribution is -0.123. The van der Waals surface area contributed by atoms with Crippen molar-refractivity contribution in [3.05, 3.63) is 29.3 Å². The van der Waals surface area contributed by atoms with Crippen LogP contribution >= 0.6 is 0 Å². The molecule has 2 rings (SSSR count). The Labute approximate surface area is 146 Å². The molecule has 0 radical (unpaired) electrons. The van der Waals surface area contributed by atoms with Gasteiger partial charge in [0.25, 0.3) is 11.8 Å². The van der Waals surface area contributed by atoms with E-state index in [0.717, 1.165) is 12.8 Å². The fourth-order valence-electron chi connectivity index (χ4n) is 2.38. The van der Waals surface area contributed by atoms with Gasteiger partial charge in [-0.25, -0.2) is 4.79 Å². The van der Waals surface area contributed by atoms with E-state index in [1.165, 1.54) is 26.0 Å². The van der Waals surface area contributed by atoms with Crippen LogP contribution in [0.3, 0.4) is 0 Å². The molecule has 0 saturated carbocycles. The average molecular weight is 346 g/mol. The molecule has 0 aliphatic carbocycles. The third-order valence-electron chi connectivity index (χ3n) is 3.70. The molecule has 4 amide bonds. The predicted octanol–water partition coefficient (Wildman–Crippen LogP) is 2.40. The van der Waals surface area contributed by atoms with Crippen molar-refractivity contribution in [2.75, 3.05) is 13.7 Å². The number of ether oxygens (including phenoxy) is 2. The first-order valence-electron chi connectivity index (χ1n) is 8.24. The van der Waals surface area contributed by atoms with Gasteiger partial charge in [0.2, 0.25) is 0 Å². The third kappa shape index (κ3) is 5.07. The molecule has 1 fully saturated rings. The van der Waals surface area contributed by atoms with Gasteiger partial charge in [0, 0.05) is 0 Å². The highest BCUT2D eigenvalue weighted by Gasteiger charge is 2.27. The Morgan fingerprint density at radius 1 is 1.00 bits per heavy atom. The maximum Gasteiger partial charge on any atom is 0.328 e. The second-order valence-corrected chi connectivity index (χ2v) is 5.61. The van der Waals surface area contributed by atoms with Crippen molar-refractivity contribution in [2.24, 2.45) is 0 Å². The molecule has 0 aromatic heterocycles. The lowest BCUT2D eigenvalue weighted by atomic mass is 10.1. The van der Waals surface area contributed by atoms with E-state index < -0.39 is 17.8 Å². The van der Waals surface area contributed by atoms with Gasteiger partial charge in [-0.1, -0.05) is 32.3 Å². The predicted molar refractivity (Wildman–Crippen MR) is 92.3 cm³/mol. The molecule has 1 saturated heterocycles. The zero-order valence-corrected chi connectivity index (χ0v) is 14.4. The first-order chi connectivity index (χ1) is 12.0. The molecule has 1 heterocycles. The van der Waals surface area contributed by atoms with Crippen LogP contribution in [-0.2, 0) is 9.59 Å². The van der Waals surface area contributed by atoms with Crippen molar-refractivity contribution < 1.29 is 23.9 Å². The minimum atomic E-state index is -0.823. The molecule has 1 aliphatic rings. The van der Waals surface area contributed by atoms with Crippen LogP contribution in [-0.4, -0.2) is 31.6 Å². The Bertz CT molecular complexity index is 675. The van der Waals surface area contributed by atoms with E-state index in [1.54, 1.807) is 18.2 Å². The number of carbonyl (C=O) groups is 3. The Morgan fingerprint density at radius 3 is 2.36 bits per heavy atom. The molecule has 0 spiro atoms. The highest BCUT2D eigenvalue weighted by molar-refractivity contribution is 6.31. The second kappa shape index (κ2) is 8.86. The van der Waals surface area contributed by atoms with Gasteiger partial charge in [-0.05, 0) is 30.2 Å². The van der Waals surface area contributed by atoms with Gasteiger partial charge < -0.3 is 9.47 Å². The lowest BCUT2D eigenvalue weighted by Crippen LogP contribution is -2.51. The van der Waals surface area contributed by atoms with E-state index in [2.05, 4.69) is 6.92 Å². The topological polar surface area (TPSA) is 93.7 Å². The van der Waals surface area contributed by atoms with Gasteiger partial charge in [-0.15, -0.1) is 0 Å². The Morgan fingerprint density at radius 2 is 1.72 bits per heavy atom. The molecule has 134 valence electrons. The van der Waals surface area contributed by atoms with E-state index in [1.807, 2.05) is 10.6 Å². The Balaban J connectivity index is 2.10. The van der Waals surface area contributed by atoms with Crippen LogP contribution in [0.5, 0.6) is 11.5 Å². The number of rotatable bonds is 8. The molecule has 7 heteroatoms. The largest absolute Gasteiger partial charge is 0.493 e. The quantitative estimate of drug-likeness (QED) is 0.428. The van der Waals surface area contributed by atoms with Gasteiger partial charge in [-0.3, -0.25) is 20.2 Å². The van der Waals surface area contributed by atoms with Crippen molar-refractivity contribution >= 4 is 23.9 Å². The lowest BCUT2D eigenvalue weighted by Gasteiger charge is -2.14. The summed E-state index contributed by atoms with van der Waals surface area (Å²) >= 11 is 0. The van der Waals surface area contributed by atoms with Crippen LogP contribution < -0.4 is 20.1 Å². The van der Waals surface area contributed by atoms with E-state index in [-0.39, 0.29) is 5.57 Å². The van der Waals surface area contributed by atoms with Crippen LogP contribution in [0.4, 0.5) is 4.79 Å². The zero-order valence-electron chi connectivity index (χ0n) is 14.4. The van der Waals surface area contributed by atoms with Crippen LogP contribution in [0.25, 0.3) is 6.08 Å².